The molecule has 5 heteroatoms. The Morgan fingerprint density at radius 1 is 1.12 bits per heavy atom. The fourth-order valence-corrected chi connectivity index (χ4v) is 2.27. The summed E-state index contributed by atoms with van der Waals surface area (Å²) >= 11 is 5.46. The van der Waals surface area contributed by atoms with Crippen molar-refractivity contribution in [2.24, 2.45) is 11.8 Å². The lowest BCUT2D eigenvalue weighted by Gasteiger charge is -2.27. The minimum atomic E-state index is -0.356. The summed E-state index contributed by atoms with van der Waals surface area (Å²) in [7, 11) is 0. The zero-order chi connectivity index (χ0) is 12.7. The Morgan fingerprint density at radius 3 is 2.12 bits per heavy atom. The van der Waals surface area contributed by atoms with Crippen LogP contribution in [0.5, 0.6) is 0 Å². The average molecular weight is 263 g/mol. The average Bonchev–Trinajstić information content (AvgIpc) is 2.36. The predicted molar refractivity (Wildman–Crippen MR) is 63.8 cm³/mol. The number of carbonyl (C=O) groups excluding carboxylic acids is 2. The molecular weight excluding hydrogens is 244 g/mol. The molecule has 0 aromatic heterocycles. The lowest BCUT2D eigenvalue weighted by molar-refractivity contribution is -0.162. The number of ether oxygens (including phenoxy) is 2. The summed E-state index contributed by atoms with van der Waals surface area (Å²) in [5, 5.41) is 0. The molecular formula is C12H19ClO4. The number of esters is 2. The molecule has 1 aliphatic rings. The number of halogens is 1. The molecule has 0 saturated heterocycles. The Hall–Kier alpha value is -0.770. The van der Waals surface area contributed by atoms with Crippen molar-refractivity contribution in [3.63, 3.8) is 0 Å². The van der Waals surface area contributed by atoms with Crippen LogP contribution < -0.4 is 0 Å². The van der Waals surface area contributed by atoms with Crippen LogP contribution in [0.25, 0.3) is 0 Å². The number of hydrogen-bond acceptors (Lipinski definition) is 4. The minimum Gasteiger partial charge on any atom is -0.466 e. The van der Waals surface area contributed by atoms with Gasteiger partial charge in [0.1, 0.15) is 6.61 Å². The smallest absolute Gasteiger partial charge is 0.309 e. The molecule has 0 spiro atoms. The Balaban J connectivity index is 2.58. The Bertz CT molecular complexity index is 267. The van der Waals surface area contributed by atoms with E-state index in [1.165, 1.54) is 0 Å². The van der Waals surface area contributed by atoms with Gasteiger partial charge in [-0.2, -0.15) is 0 Å². The van der Waals surface area contributed by atoms with E-state index in [0.29, 0.717) is 19.4 Å². The third-order valence-electron chi connectivity index (χ3n) is 2.98. The van der Waals surface area contributed by atoms with E-state index in [1.54, 1.807) is 6.92 Å². The maximum absolute atomic E-state index is 11.8. The van der Waals surface area contributed by atoms with Gasteiger partial charge in [0.15, 0.2) is 0 Å². The van der Waals surface area contributed by atoms with Gasteiger partial charge in [-0.15, -0.1) is 11.6 Å². The monoisotopic (exact) mass is 262 g/mol. The summed E-state index contributed by atoms with van der Waals surface area (Å²) in [5.74, 6) is -1.01. The molecule has 1 saturated carbocycles. The van der Waals surface area contributed by atoms with Crippen molar-refractivity contribution >= 4 is 23.5 Å². The van der Waals surface area contributed by atoms with Crippen molar-refractivity contribution < 1.29 is 19.1 Å². The van der Waals surface area contributed by atoms with Gasteiger partial charge in [-0.25, -0.2) is 0 Å². The first-order valence-electron chi connectivity index (χ1n) is 6.10. The quantitative estimate of drug-likeness (QED) is 0.563. The topological polar surface area (TPSA) is 52.6 Å². The highest BCUT2D eigenvalue weighted by Crippen LogP contribution is 2.32. The summed E-state index contributed by atoms with van der Waals surface area (Å²) in [6, 6.07) is 0. The van der Waals surface area contributed by atoms with Crippen molar-refractivity contribution in [2.45, 2.75) is 32.6 Å². The van der Waals surface area contributed by atoms with Crippen LogP contribution in [0.2, 0.25) is 0 Å². The highest BCUT2D eigenvalue weighted by atomic mass is 35.5. The Kier molecular flexibility index (Phi) is 6.34. The second-order valence-corrected chi connectivity index (χ2v) is 4.48. The van der Waals surface area contributed by atoms with Gasteiger partial charge in [0.2, 0.25) is 0 Å². The zero-order valence-corrected chi connectivity index (χ0v) is 10.9. The first-order valence-corrected chi connectivity index (χ1v) is 6.63. The lowest BCUT2D eigenvalue weighted by Crippen LogP contribution is -2.35. The fraction of sp³-hybridized carbons (Fsp3) is 0.833. The molecule has 0 aromatic rings. The Morgan fingerprint density at radius 2 is 1.65 bits per heavy atom. The number of rotatable bonds is 5. The van der Waals surface area contributed by atoms with E-state index in [0.717, 1.165) is 12.8 Å². The molecule has 0 amide bonds. The first-order chi connectivity index (χ1) is 8.20. The van der Waals surface area contributed by atoms with Gasteiger partial charge >= 0.3 is 11.9 Å². The van der Waals surface area contributed by atoms with Crippen LogP contribution in [0.1, 0.15) is 32.6 Å². The van der Waals surface area contributed by atoms with Gasteiger partial charge in [-0.3, -0.25) is 9.59 Å². The summed E-state index contributed by atoms with van der Waals surface area (Å²) in [5.41, 5.74) is 0. The van der Waals surface area contributed by atoms with Crippen LogP contribution in [0.4, 0.5) is 0 Å². The number of carbonyl (C=O) groups is 2. The molecule has 0 heterocycles. The molecule has 0 aromatic carbocycles. The largest absolute Gasteiger partial charge is 0.466 e. The van der Waals surface area contributed by atoms with Crippen molar-refractivity contribution in [2.75, 3.05) is 19.1 Å². The Labute approximate surface area is 107 Å². The summed E-state index contributed by atoms with van der Waals surface area (Å²) in [6.07, 6.45) is 3.32. The molecule has 1 fully saturated rings. The number of alkyl halides is 1. The van der Waals surface area contributed by atoms with Crippen LogP contribution in [0, 0.1) is 11.8 Å². The van der Waals surface area contributed by atoms with Crippen LogP contribution in [-0.4, -0.2) is 31.0 Å². The van der Waals surface area contributed by atoms with E-state index >= 15 is 0 Å². The highest BCUT2D eigenvalue weighted by Gasteiger charge is 2.37. The van der Waals surface area contributed by atoms with E-state index in [9.17, 15) is 9.59 Å². The van der Waals surface area contributed by atoms with E-state index < -0.39 is 0 Å². The van der Waals surface area contributed by atoms with Crippen LogP contribution >= 0.6 is 11.6 Å². The number of hydrogen-bond donors (Lipinski definition) is 0. The summed E-state index contributed by atoms with van der Waals surface area (Å²) in [6.45, 7) is 2.31. The third-order valence-corrected chi connectivity index (χ3v) is 3.13. The standard InChI is InChI=1S/C12H19ClO4/c1-2-16-11(14)9-5-3-4-6-10(9)12(15)17-8-7-13/h9-10H,2-8H2,1H3. The first kappa shape index (κ1) is 14.3. The van der Waals surface area contributed by atoms with Gasteiger partial charge in [0.25, 0.3) is 0 Å². The van der Waals surface area contributed by atoms with Crippen LogP contribution in [0.3, 0.4) is 0 Å². The molecule has 1 rings (SSSR count). The van der Waals surface area contributed by atoms with E-state index in [-0.39, 0.29) is 36.3 Å². The molecule has 98 valence electrons. The van der Waals surface area contributed by atoms with Gasteiger partial charge in [0.05, 0.1) is 24.3 Å². The van der Waals surface area contributed by atoms with Crippen molar-refractivity contribution in [3.05, 3.63) is 0 Å². The van der Waals surface area contributed by atoms with Gasteiger partial charge in [0, 0.05) is 0 Å². The van der Waals surface area contributed by atoms with Gasteiger partial charge in [-0.1, -0.05) is 12.8 Å². The van der Waals surface area contributed by atoms with Gasteiger partial charge in [-0.05, 0) is 19.8 Å². The fourth-order valence-electron chi connectivity index (χ4n) is 2.19. The second-order valence-electron chi connectivity index (χ2n) is 4.11. The van der Waals surface area contributed by atoms with E-state index in [1.807, 2.05) is 0 Å². The molecule has 0 radical (unpaired) electrons. The summed E-state index contributed by atoms with van der Waals surface area (Å²) < 4.78 is 10.0. The maximum atomic E-state index is 11.8. The normalized spacial score (nSPS) is 24.1. The van der Waals surface area contributed by atoms with E-state index in [4.69, 9.17) is 21.1 Å². The van der Waals surface area contributed by atoms with Crippen molar-refractivity contribution in [1.82, 2.24) is 0 Å². The maximum Gasteiger partial charge on any atom is 0.309 e. The molecule has 4 nitrogen and oxygen atoms in total. The molecule has 0 bridgehead atoms. The SMILES string of the molecule is CCOC(=O)C1CCCCC1C(=O)OCCCl. The van der Waals surface area contributed by atoms with Gasteiger partial charge < -0.3 is 9.47 Å². The highest BCUT2D eigenvalue weighted by molar-refractivity contribution is 6.18. The summed E-state index contributed by atoms with van der Waals surface area (Å²) in [4.78, 5) is 23.5. The van der Waals surface area contributed by atoms with Crippen LogP contribution in [0.15, 0.2) is 0 Å². The molecule has 1 aliphatic carbocycles. The lowest BCUT2D eigenvalue weighted by atomic mass is 9.79. The molecule has 2 unspecified atom stereocenters. The minimum absolute atomic E-state index is 0.201. The molecule has 17 heavy (non-hydrogen) atoms. The van der Waals surface area contributed by atoms with E-state index in [2.05, 4.69) is 0 Å². The van der Waals surface area contributed by atoms with Crippen LogP contribution in [-0.2, 0) is 19.1 Å². The van der Waals surface area contributed by atoms with Crippen molar-refractivity contribution in [1.29, 1.82) is 0 Å². The third kappa shape index (κ3) is 4.19. The molecule has 2 atom stereocenters. The van der Waals surface area contributed by atoms with Crippen molar-refractivity contribution in [3.8, 4) is 0 Å². The molecule has 0 N–H and O–H groups in total. The second kappa shape index (κ2) is 7.54. The predicted octanol–water partition coefficient (Wildman–Crippen LogP) is 2.14. The zero-order valence-electron chi connectivity index (χ0n) is 10.1. The molecule has 0 aliphatic heterocycles.